The molecule has 1 atom stereocenters. The first kappa shape index (κ1) is 17.1. The van der Waals surface area contributed by atoms with E-state index >= 15 is 0 Å². The Morgan fingerprint density at radius 2 is 1.80 bits per heavy atom. The molecule has 0 aliphatic carbocycles. The fourth-order valence-electron chi connectivity index (χ4n) is 2.05. The summed E-state index contributed by atoms with van der Waals surface area (Å²) >= 11 is 0. The average molecular weight is 280 g/mol. The second kappa shape index (κ2) is 9.88. The summed E-state index contributed by atoms with van der Waals surface area (Å²) in [6.45, 7) is 3.66. The van der Waals surface area contributed by atoms with Crippen LogP contribution in [0.25, 0.3) is 0 Å². The minimum Gasteiger partial charge on any atom is -0.389 e. The van der Waals surface area contributed by atoms with Crippen molar-refractivity contribution in [2.24, 2.45) is 0 Å². The number of aliphatic hydroxyl groups excluding tert-OH is 1. The maximum absolute atomic E-state index is 9.93. The summed E-state index contributed by atoms with van der Waals surface area (Å²) in [5, 5.41) is 9.93. The van der Waals surface area contributed by atoms with Gasteiger partial charge in [0.1, 0.15) is 0 Å². The van der Waals surface area contributed by atoms with Crippen LogP contribution >= 0.6 is 0 Å². The monoisotopic (exact) mass is 280 g/mol. The minimum atomic E-state index is -0.428. The lowest BCUT2D eigenvalue weighted by molar-refractivity contribution is 0.0134. The zero-order chi connectivity index (χ0) is 14.8. The fourth-order valence-corrected chi connectivity index (χ4v) is 2.05. The molecule has 1 rings (SSSR count). The van der Waals surface area contributed by atoms with Gasteiger partial charge >= 0.3 is 0 Å². The first-order valence-electron chi connectivity index (χ1n) is 7.21. The summed E-state index contributed by atoms with van der Waals surface area (Å²) in [7, 11) is 6.19. The third kappa shape index (κ3) is 8.27. The zero-order valence-electron chi connectivity index (χ0n) is 13.0. The summed E-state index contributed by atoms with van der Waals surface area (Å²) in [5.41, 5.74) is 1.14. The molecule has 114 valence electrons. The molecule has 1 aromatic rings. The summed E-state index contributed by atoms with van der Waals surface area (Å²) in [4.78, 5) is 4.33. The van der Waals surface area contributed by atoms with Crippen molar-refractivity contribution in [3.05, 3.63) is 35.9 Å². The highest BCUT2D eigenvalue weighted by atomic mass is 16.5. The molecule has 4 nitrogen and oxygen atoms in total. The number of hydrogen-bond donors (Lipinski definition) is 1. The molecule has 1 aromatic carbocycles. The largest absolute Gasteiger partial charge is 0.389 e. The van der Waals surface area contributed by atoms with E-state index in [2.05, 4.69) is 23.9 Å². The van der Waals surface area contributed by atoms with Crippen LogP contribution < -0.4 is 0 Å². The quantitative estimate of drug-likeness (QED) is 0.704. The normalized spacial score (nSPS) is 13.1. The minimum absolute atomic E-state index is 0.382. The highest BCUT2D eigenvalue weighted by Crippen LogP contribution is 2.01. The van der Waals surface area contributed by atoms with Gasteiger partial charge in [-0.1, -0.05) is 30.3 Å². The first-order valence-corrected chi connectivity index (χ1v) is 7.21. The van der Waals surface area contributed by atoms with Gasteiger partial charge in [-0.3, -0.25) is 0 Å². The molecular formula is C16H28N2O2. The predicted molar refractivity (Wildman–Crippen MR) is 82.8 cm³/mol. The van der Waals surface area contributed by atoms with Crippen molar-refractivity contribution in [1.82, 2.24) is 9.80 Å². The molecule has 0 aliphatic rings. The highest BCUT2D eigenvalue weighted by Gasteiger charge is 2.08. The van der Waals surface area contributed by atoms with Crippen molar-refractivity contribution in [1.29, 1.82) is 0 Å². The van der Waals surface area contributed by atoms with Crippen molar-refractivity contribution in [3.8, 4) is 0 Å². The Morgan fingerprint density at radius 3 is 2.45 bits per heavy atom. The van der Waals surface area contributed by atoms with Crippen LogP contribution in [0.4, 0.5) is 0 Å². The number of benzene rings is 1. The second-order valence-corrected chi connectivity index (χ2v) is 5.57. The maximum atomic E-state index is 9.93. The predicted octanol–water partition coefficient (Wildman–Crippen LogP) is 1.45. The smallest absolute Gasteiger partial charge is 0.0900 e. The molecule has 0 saturated heterocycles. The van der Waals surface area contributed by atoms with Crippen LogP contribution in [0, 0.1) is 0 Å². The van der Waals surface area contributed by atoms with E-state index in [1.807, 2.05) is 37.4 Å². The van der Waals surface area contributed by atoms with Crippen LogP contribution in [0.5, 0.6) is 0 Å². The van der Waals surface area contributed by atoms with Crippen LogP contribution in [0.2, 0.25) is 0 Å². The Hall–Kier alpha value is -0.940. The molecule has 1 N–H and O–H groups in total. The van der Waals surface area contributed by atoms with Gasteiger partial charge in [0.15, 0.2) is 0 Å². The number of hydrogen-bond acceptors (Lipinski definition) is 4. The van der Waals surface area contributed by atoms with E-state index in [0.717, 1.165) is 25.1 Å². The Morgan fingerprint density at radius 1 is 1.10 bits per heavy atom. The third-order valence-electron chi connectivity index (χ3n) is 3.09. The van der Waals surface area contributed by atoms with E-state index in [0.29, 0.717) is 19.8 Å². The zero-order valence-corrected chi connectivity index (χ0v) is 13.0. The Labute approximate surface area is 123 Å². The lowest BCUT2D eigenvalue weighted by Crippen LogP contribution is -2.33. The van der Waals surface area contributed by atoms with Gasteiger partial charge in [0.05, 0.1) is 19.3 Å². The molecule has 0 saturated carbocycles. The van der Waals surface area contributed by atoms with Gasteiger partial charge in [0.2, 0.25) is 0 Å². The number of ether oxygens (including phenoxy) is 1. The first-order chi connectivity index (χ1) is 9.58. The Balaban J connectivity index is 2.08. The Bertz CT molecular complexity index is 344. The third-order valence-corrected chi connectivity index (χ3v) is 3.09. The van der Waals surface area contributed by atoms with Crippen molar-refractivity contribution >= 4 is 0 Å². The van der Waals surface area contributed by atoms with E-state index in [4.69, 9.17) is 4.74 Å². The fraction of sp³-hybridized carbons (Fsp3) is 0.625. The lowest BCUT2D eigenvalue weighted by Gasteiger charge is -2.21. The molecular weight excluding hydrogens is 252 g/mol. The van der Waals surface area contributed by atoms with Crippen LogP contribution in [0.1, 0.15) is 12.0 Å². The number of likely N-dealkylation sites (N-methyl/N-ethyl adjacent to an activating group) is 1. The molecule has 0 spiro atoms. The van der Waals surface area contributed by atoms with E-state index < -0.39 is 6.10 Å². The molecule has 0 heterocycles. The number of rotatable bonds is 10. The van der Waals surface area contributed by atoms with Crippen LogP contribution in [0.3, 0.4) is 0 Å². The van der Waals surface area contributed by atoms with Gasteiger partial charge < -0.3 is 19.6 Å². The molecule has 0 fully saturated rings. The standard InChI is InChI=1S/C16H28N2O2/c1-17(2)10-7-11-18(3)12-16(19)14-20-13-15-8-5-4-6-9-15/h4-6,8-9,16,19H,7,10-14H2,1-3H3. The number of nitrogens with zero attached hydrogens (tertiary/aromatic N) is 2. The van der Waals surface area contributed by atoms with Gasteiger partial charge in [-0.25, -0.2) is 0 Å². The summed E-state index contributed by atoms with van der Waals surface area (Å²) in [5.74, 6) is 0. The molecule has 0 bridgehead atoms. The average Bonchev–Trinajstić information content (AvgIpc) is 2.39. The van der Waals surface area contributed by atoms with Crippen molar-refractivity contribution in [2.75, 3.05) is 47.4 Å². The van der Waals surface area contributed by atoms with Crippen molar-refractivity contribution in [2.45, 2.75) is 19.1 Å². The van der Waals surface area contributed by atoms with Gasteiger partial charge in [-0.15, -0.1) is 0 Å². The molecule has 20 heavy (non-hydrogen) atoms. The van der Waals surface area contributed by atoms with Gasteiger partial charge in [0, 0.05) is 6.54 Å². The maximum Gasteiger partial charge on any atom is 0.0900 e. The number of aliphatic hydroxyl groups is 1. The van der Waals surface area contributed by atoms with E-state index in [1.165, 1.54) is 0 Å². The second-order valence-electron chi connectivity index (χ2n) is 5.57. The molecule has 0 aromatic heterocycles. The SMILES string of the molecule is CN(C)CCCN(C)CC(O)COCc1ccccc1. The summed E-state index contributed by atoms with van der Waals surface area (Å²) in [6, 6.07) is 10.0. The molecule has 4 heteroatoms. The topological polar surface area (TPSA) is 35.9 Å². The lowest BCUT2D eigenvalue weighted by atomic mass is 10.2. The van der Waals surface area contributed by atoms with Gasteiger partial charge in [-0.05, 0) is 46.2 Å². The summed E-state index contributed by atoms with van der Waals surface area (Å²) in [6.07, 6.45) is 0.684. The van der Waals surface area contributed by atoms with Crippen LogP contribution in [-0.2, 0) is 11.3 Å². The molecule has 0 amide bonds. The van der Waals surface area contributed by atoms with Crippen LogP contribution in [0.15, 0.2) is 30.3 Å². The van der Waals surface area contributed by atoms with E-state index in [-0.39, 0.29) is 0 Å². The summed E-state index contributed by atoms with van der Waals surface area (Å²) < 4.78 is 5.54. The Kier molecular flexibility index (Phi) is 8.46. The van der Waals surface area contributed by atoms with Crippen LogP contribution in [-0.4, -0.2) is 68.4 Å². The van der Waals surface area contributed by atoms with E-state index in [9.17, 15) is 5.11 Å². The van der Waals surface area contributed by atoms with Gasteiger partial charge in [0.25, 0.3) is 0 Å². The molecule has 0 aliphatic heterocycles. The van der Waals surface area contributed by atoms with Crippen molar-refractivity contribution < 1.29 is 9.84 Å². The van der Waals surface area contributed by atoms with Gasteiger partial charge in [-0.2, -0.15) is 0 Å². The highest BCUT2D eigenvalue weighted by molar-refractivity contribution is 5.13. The van der Waals surface area contributed by atoms with E-state index in [1.54, 1.807) is 0 Å². The molecule has 0 radical (unpaired) electrons. The van der Waals surface area contributed by atoms with Crippen molar-refractivity contribution in [3.63, 3.8) is 0 Å². The molecule has 1 unspecified atom stereocenters.